The zero-order valence-electron chi connectivity index (χ0n) is 13.7. The van der Waals surface area contributed by atoms with Crippen LogP contribution in [0.3, 0.4) is 0 Å². The van der Waals surface area contributed by atoms with Crippen molar-refractivity contribution in [3.8, 4) is 0 Å². The van der Waals surface area contributed by atoms with Crippen LogP contribution in [0.2, 0.25) is 0 Å². The van der Waals surface area contributed by atoms with Gasteiger partial charge in [-0.15, -0.1) is 0 Å². The van der Waals surface area contributed by atoms with Crippen LogP contribution in [0.1, 0.15) is 20.8 Å². The normalized spacial score (nSPS) is 20.0. The van der Waals surface area contributed by atoms with Gasteiger partial charge in [0.05, 0.1) is 25.0 Å². The molecule has 1 saturated heterocycles. The van der Waals surface area contributed by atoms with E-state index in [1.54, 1.807) is 20.8 Å². The number of piperazine rings is 1. The Morgan fingerprint density at radius 3 is 2.17 bits per heavy atom. The van der Waals surface area contributed by atoms with Crippen molar-refractivity contribution in [2.75, 3.05) is 23.7 Å². The lowest BCUT2D eigenvalue weighted by molar-refractivity contribution is -0.284. The summed E-state index contributed by atoms with van der Waals surface area (Å²) >= 11 is 0. The van der Waals surface area contributed by atoms with Crippen LogP contribution in [-0.4, -0.2) is 66.9 Å². The Morgan fingerprint density at radius 2 is 1.75 bits per heavy atom. The Labute approximate surface area is 138 Å². The number of nitrogens with zero attached hydrogens (tertiary/aromatic N) is 3. The van der Waals surface area contributed by atoms with Crippen LogP contribution in [0, 0.1) is 0 Å². The Bertz CT molecular complexity index is 593. The number of ether oxygens (including phenoxy) is 1. The van der Waals surface area contributed by atoms with E-state index in [0.29, 0.717) is 4.90 Å². The van der Waals surface area contributed by atoms with E-state index in [2.05, 4.69) is 4.98 Å². The number of aliphatic hydroxyl groups is 4. The van der Waals surface area contributed by atoms with Crippen molar-refractivity contribution in [2.45, 2.75) is 38.2 Å². The lowest BCUT2D eigenvalue weighted by Gasteiger charge is -2.51. The van der Waals surface area contributed by atoms with Crippen LogP contribution in [0.4, 0.5) is 16.3 Å². The summed E-state index contributed by atoms with van der Waals surface area (Å²) in [4.78, 5) is 17.2. The molecule has 10 heteroatoms. The molecule has 1 fully saturated rings. The van der Waals surface area contributed by atoms with Gasteiger partial charge in [-0.2, -0.15) is 0 Å². The number of nitrogen functional groups attached to an aromatic ring is 1. The van der Waals surface area contributed by atoms with Gasteiger partial charge in [0.25, 0.3) is 11.8 Å². The fourth-order valence-electron chi connectivity index (χ4n) is 2.40. The number of carbonyl (C=O) groups excluding carboxylic acids is 1. The summed E-state index contributed by atoms with van der Waals surface area (Å²) in [6.07, 6.45) is 0.249. The highest BCUT2D eigenvalue weighted by molar-refractivity contribution is 5.69. The second-order valence-corrected chi connectivity index (χ2v) is 6.66. The number of pyridine rings is 1. The average Bonchev–Trinajstić information content (AvgIpc) is 2.36. The predicted molar refractivity (Wildman–Crippen MR) is 83.3 cm³/mol. The Kier molecular flexibility index (Phi) is 4.35. The van der Waals surface area contributed by atoms with Crippen molar-refractivity contribution in [1.82, 2.24) is 9.88 Å². The largest absolute Gasteiger partial charge is 0.444 e. The summed E-state index contributed by atoms with van der Waals surface area (Å²) in [6.45, 7) is 3.65. The van der Waals surface area contributed by atoms with Gasteiger partial charge in [0.15, 0.2) is 0 Å². The van der Waals surface area contributed by atoms with Crippen molar-refractivity contribution in [2.24, 2.45) is 0 Å². The molecule has 0 spiro atoms. The maximum absolute atomic E-state index is 12.1. The van der Waals surface area contributed by atoms with Gasteiger partial charge in [0.2, 0.25) is 0 Å². The van der Waals surface area contributed by atoms with Gasteiger partial charge in [0, 0.05) is 0 Å². The molecule has 0 bridgehead atoms. The van der Waals surface area contributed by atoms with E-state index in [0.717, 1.165) is 11.1 Å². The molecule has 0 saturated carbocycles. The van der Waals surface area contributed by atoms with Gasteiger partial charge >= 0.3 is 6.09 Å². The van der Waals surface area contributed by atoms with E-state index in [4.69, 9.17) is 10.5 Å². The molecule has 134 valence electrons. The zero-order valence-corrected chi connectivity index (χ0v) is 13.7. The van der Waals surface area contributed by atoms with Crippen molar-refractivity contribution < 1.29 is 30.0 Å². The molecule has 0 aromatic carbocycles. The summed E-state index contributed by atoms with van der Waals surface area (Å²) in [7, 11) is 0. The van der Waals surface area contributed by atoms with Crippen LogP contribution >= 0.6 is 0 Å². The van der Waals surface area contributed by atoms with E-state index >= 15 is 0 Å². The fraction of sp³-hybridized carbons (Fsp3) is 0.571. The number of anilines is 2. The minimum Gasteiger partial charge on any atom is -0.444 e. The molecule has 2 rings (SSSR count). The lowest BCUT2D eigenvalue weighted by atomic mass is 10.1. The van der Waals surface area contributed by atoms with Crippen LogP contribution in [-0.2, 0) is 4.74 Å². The Hall–Kier alpha value is -2.14. The molecule has 6 N–H and O–H groups in total. The summed E-state index contributed by atoms with van der Waals surface area (Å²) in [5.41, 5.74) is 4.64. The standard InChI is InChI=1S/C14H22N4O6/c1-12(2,3)24-11(19)17-7-13(20,21)18(14(22,23)8-17)9-4-5-10(15)16-6-9/h4-6,20-23H,7-8H2,1-3H3,(H2,15,16). The van der Waals surface area contributed by atoms with Gasteiger partial charge in [-0.3, -0.25) is 9.80 Å². The van der Waals surface area contributed by atoms with Gasteiger partial charge in [-0.05, 0) is 32.9 Å². The number of amides is 1. The maximum Gasteiger partial charge on any atom is 0.410 e. The maximum atomic E-state index is 12.1. The van der Waals surface area contributed by atoms with Crippen LogP contribution in [0.5, 0.6) is 0 Å². The van der Waals surface area contributed by atoms with E-state index in [1.165, 1.54) is 12.1 Å². The minimum atomic E-state index is -2.77. The molecular formula is C14H22N4O6. The Morgan fingerprint density at radius 1 is 1.21 bits per heavy atom. The first-order valence-corrected chi connectivity index (χ1v) is 7.21. The number of rotatable bonds is 1. The zero-order chi connectivity index (χ0) is 18.3. The molecule has 1 amide bonds. The van der Waals surface area contributed by atoms with Gasteiger partial charge in [-0.25, -0.2) is 9.78 Å². The molecule has 24 heavy (non-hydrogen) atoms. The summed E-state index contributed by atoms with van der Waals surface area (Å²) in [5, 5.41) is 41.1. The summed E-state index contributed by atoms with van der Waals surface area (Å²) in [5.74, 6) is -5.36. The molecule has 1 aromatic rings. The first-order chi connectivity index (χ1) is 10.8. The molecule has 2 heterocycles. The van der Waals surface area contributed by atoms with E-state index < -0.39 is 36.6 Å². The Balaban J connectivity index is 2.29. The number of nitrogens with two attached hydrogens (primary N) is 1. The molecule has 0 unspecified atom stereocenters. The molecule has 1 aromatic heterocycles. The molecule has 10 nitrogen and oxygen atoms in total. The third kappa shape index (κ3) is 3.85. The smallest absolute Gasteiger partial charge is 0.410 e. The van der Waals surface area contributed by atoms with E-state index in [-0.39, 0.29) is 11.5 Å². The third-order valence-electron chi connectivity index (χ3n) is 3.20. The first-order valence-electron chi connectivity index (χ1n) is 7.21. The lowest BCUT2D eigenvalue weighted by Crippen LogP contribution is -2.74. The molecule has 1 aliphatic rings. The van der Waals surface area contributed by atoms with Crippen molar-refractivity contribution in [1.29, 1.82) is 0 Å². The average molecular weight is 342 g/mol. The molecule has 0 aliphatic carbocycles. The van der Waals surface area contributed by atoms with Crippen LogP contribution in [0.15, 0.2) is 18.3 Å². The number of β-amino-alcohol motifs (C(OH)–C–C–N with tert-alkyl or cyclic N) is 4. The summed E-state index contributed by atoms with van der Waals surface area (Å²) in [6, 6.07) is 2.70. The van der Waals surface area contributed by atoms with Crippen molar-refractivity contribution in [3.05, 3.63) is 18.3 Å². The second kappa shape index (κ2) is 5.74. The van der Waals surface area contributed by atoms with E-state index in [1.807, 2.05) is 0 Å². The number of hydrogen-bond acceptors (Lipinski definition) is 9. The van der Waals surface area contributed by atoms with E-state index in [9.17, 15) is 25.2 Å². The molecular weight excluding hydrogens is 320 g/mol. The highest BCUT2D eigenvalue weighted by atomic mass is 16.6. The number of hydrogen-bond donors (Lipinski definition) is 5. The second-order valence-electron chi connectivity index (χ2n) is 6.66. The topological polar surface area (TPSA) is 153 Å². The quantitative estimate of drug-likeness (QED) is 0.404. The number of aromatic nitrogens is 1. The van der Waals surface area contributed by atoms with Gasteiger partial charge in [-0.1, -0.05) is 0 Å². The molecule has 0 radical (unpaired) electrons. The molecule has 0 atom stereocenters. The first kappa shape index (κ1) is 18.2. The minimum absolute atomic E-state index is 0.00281. The van der Waals surface area contributed by atoms with Crippen molar-refractivity contribution in [3.63, 3.8) is 0 Å². The van der Waals surface area contributed by atoms with Crippen molar-refractivity contribution >= 4 is 17.6 Å². The number of carbonyl (C=O) groups is 1. The highest BCUT2D eigenvalue weighted by Gasteiger charge is 2.54. The van der Waals surface area contributed by atoms with Gasteiger partial charge < -0.3 is 30.9 Å². The summed E-state index contributed by atoms with van der Waals surface area (Å²) < 4.78 is 5.12. The van der Waals surface area contributed by atoms with Crippen LogP contribution in [0.25, 0.3) is 0 Å². The van der Waals surface area contributed by atoms with Gasteiger partial charge in [0.1, 0.15) is 11.4 Å². The highest BCUT2D eigenvalue weighted by Crippen LogP contribution is 2.33. The predicted octanol–water partition coefficient (Wildman–Crippen LogP) is -1.00. The molecule has 1 aliphatic heterocycles. The fourth-order valence-corrected chi connectivity index (χ4v) is 2.40. The monoisotopic (exact) mass is 342 g/mol. The van der Waals surface area contributed by atoms with Crippen LogP contribution < -0.4 is 10.6 Å². The third-order valence-corrected chi connectivity index (χ3v) is 3.20. The SMILES string of the molecule is CC(C)(C)OC(=O)N1CC(O)(O)N(c2ccc(N)nc2)C(O)(O)C1.